The van der Waals surface area contributed by atoms with Gasteiger partial charge >= 0.3 is 0 Å². The van der Waals surface area contributed by atoms with E-state index in [9.17, 15) is 4.79 Å². The van der Waals surface area contributed by atoms with Crippen molar-refractivity contribution in [3.63, 3.8) is 0 Å². The average molecular weight is 363 g/mol. The van der Waals surface area contributed by atoms with Gasteiger partial charge < -0.3 is 19.4 Å². The van der Waals surface area contributed by atoms with Gasteiger partial charge in [0.1, 0.15) is 6.61 Å². The van der Waals surface area contributed by atoms with Crippen LogP contribution in [0.25, 0.3) is 10.9 Å². The van der Waals surface area contributed by atoms with E-state index in [2.05, 4.69) is 4.98 Å². The summed E-state index contributed by atoms with van der Waals surface area (Å²) in [5, 5.41) is 1.82. The molecule has 1 N–H and O–H groups in total. The summed E-state index contributed by atoms with van der Waals surface area (Å²) >= 11 is 6.13. The summed E-state index contributed by atoms with van der Waals surface area (Å²) in [6.07, 6.45) is 4.31. The number of amides is 1. The highest BCUT2D eigenvalue weighted by molar-refractivity contribution is 6.31. The van der Waals surface area contributed by atoms with E-state index in [4.69, 9.17) is 21.1 Å². The summed E-state index contributed by atoms with van der Waals surface area (Å²) in [5.41, 5.74) is 3.46. The molecule has 4 rings (SSSR count). The van der Waals surface area contributed by atoms with E-state index in [1.54, 1.807) is 0 Å². The van der Waals surface area contributed by atoms with Crippen LogP contribution in [0.5, 0.6) is 0 Å². The topological polar surface area (TPSA) is 54.6 Å². The number of carbonyl (C=O) groups excluding carboxylic acids is 1. The van der Waals surface area contributed by atoms with Crippen molar-refractivity contribution in [1.29, 1.82) is 0 Å². The van der Waals surface area contributed by atoms with Crippen molar-refractivity contribution < 1.29 is 14.3 Å². The first-order chi connectivity index (χ1) is 12.2. The van der Waals surface area contributed by atoms with Crippen LogP contribution in [0.3, 0.4) is 0 Å². The number of hydrogen-bond acceptors (Lipinski definition) is 3. The Hall–Kier alpha value is -1.56. The zero-order valence-corrected chi connectivity index (χ0v) is 15.0. The fourth-order valence-electron chi connectivity index (χ4n) is 3.71. The SMILES string of the molecule is O=C(COCC1CCCCO1)N1CCc2[nH]c3ccc(Cl)cc3c2C1. The highest BCUT2D eigenvalue weighted by Gasteiger charge is 2.24. The van der Waals surface area contributed by atoms with E-state index in [-0.39, 0.29) is 18.6 Å². The Morgan fingerprint density at radius 3 is 3.16 bits per heavy atom. The number of nitrogens with one attached hydrogen (secondary N) is 1. The summed E-state index contributed by atoms with van der Waals surface area (Å²) in [4.78, 5) is 17.8. The highest BCUT2D eigenvalue weighted by atomic mass is 35.5. The van der Waals surface area contributed by atoms with E-state index in [1.807, 2.05) is 23.1 Å². The number of benzene rings is 1. The molecule has 2 aliphatic heterocycles. The van der Waals surface area contributed by atoms with E-state index >= 15 is 0 Å². The van der Waals surface area contributed by atoms with Crippen LogP contribution in [-0.4, -0.2) is 48.3 Å². The number of fused-ring (bicyclic) bond motifs is 3. The van der Waals surface area contributed by atoms with Crippen LogP contribution in [0.15, 0.2) is 18.2 Å². The second kappa shape index (κ2) is 7.36. The lowest BCUT2D eigenvalue weighted by Gasteiger charge is -2.28. The smallest absolute Gasteiger partial charge is 0.248 e. The summed E-state index contributed by atoms with van der Waals surface area (Å²) in [6, 6.07) is 5.85. The van der Waals surface area contributed by atoms with Crippen LogP contribution in [0.1, 0.15) is 30.5 Å². The molecule has 2 aromatic rings. The van der Waals surface area contributed by atoms with Crippen LogP contribution in [-0.2, 0) is 27.2 Å². The molecule has 0 aliphatic carbocycles. The van der Waals surface area contributed by atoms with Crippen molar-refractivity contribution >= 4 is 28.4 Å². The maximum absolute atomic E-state index is 12.5. The minimum atomic E-state index is 0.0397. The normalized spacial score (nSPS) is 20.7. The Morgan fingerprint density at radius 2 is 2.32 bits per heavy atom. The molecule has 0 radical (unpaired) electrons. The molecule has 6 heteroatoms. The summed E-state index contributed by atoms with van der Waals surface area (Å²) in [6.45, 7) is 2.76. The fraction of sp³-hybridized carbons (Fsp3) is 0.526. The lowest BCUT2D eigenvalue weighted by molar-refractivity contribution is -0.139. The number of halogens is 1. The van der Waals surface area contributed by atoms with Crippen molar-refractivity contribution in [1.82, 2.24) is 9.88 Å². The first-order valence-corrected chi connectivity index (χ1v) is 9.34. The number of carbonyl (C=O) groups is 1. The Labute approximate surface area is 152 Å². The second-order valence-corrected chi connectivity index (χ2v) is 7.28. The van der Waals surface area contributed by atoms with Gasteiger partial charge in [-0.3, -0.25) is 4.79 Å². The minimum Gasteiger partial charge on any atom is -0.376 e. The lowest BCUT2D eigenvalue weighted by Crippen LogP contribution is -2.38. The monoisotopic (exact) mass is 362 g/mol. The number of hydrogen-bond donors (Lipinski definition) is 1. The number of H-pyrrole nitrogens is 1. The highest BCUT2D eigenvalue weighted by Crippen LogP contribution is 2.29. The summed E-state index contributed by atoms with van der Waals surface area (Å²) in [5.74, 6) is 0.0397. The lowest BCUT2D eigenvalue weighted by atomic mass is 10.0. The molecule has 0 spiro atoms. The Kier molecular flexibility index (Phi) is 4.97. The average Bonchev–Trinajstić information content (AvgIpc) is 2.99. The summed E-state index contributed by atoms with van der Waals surface area (Å²) < 4.78 is 11.3. The number of aromatic amines is 1. The van der Waals surface area contributed by atoms with Gasteiger partial charge in [0.05, 0.1) is 12.7 Å². The van der Waals surface area contributed by atoms with Gasteiger partial charge in [0, 0.05) is 53.3 Å². The molecular formula is C19H23ClN2O3. The molecule has 1 atom stereocenters. The molecule has 3 heterocycles. The van der Waals surface area contributed by atoms with Gasteiger partial charge in [-0.25, -0.2) is 0 Å². The molecule has 2 aliphatic rings. The Morgan fingerprint density at radius 1 is 1.40 bits per heavy atom. The number of aromatic nitrogens is 1. The Bertz CT molecular complexity index is 767. The molecule has 1 aromatic heterocycles. The van der Waals surface area contributed by atoms with Crippen molar-refractivity contribution in [2.24, 2.45) is 0 Å². The predicted octanol–water partition coefficient (Wildman–Crippen LogP) is 3.29. The minimum absolute atomic E-state index is 0.0397. The van der Waals surface area contributed by atoms with Crippen molar-refractivity contribution in [3.05, 3.63) is 34.5 Å². The van der Waals surface area contributed by atoms with Gasteiger partial charge in [-0.05, 0) is 37.5 Å². The zero-order chi connectivity index (χ0) is 17.2. The second-order valence-electron chi connectivity index (χ2n) is 6.84. The molecular weight excluding hydrogens is 340 g/mol. The number of rotatable bonds is 4. The molecule has 1 fully saturated rings. The maximum atomic E-state index is 12.5. The van der Waals surface area contributed by atoms with Crippen molar-refractivity contribution in [2.45, 2.75) is 38.3 Å². The molecule has 1 aromatic carbocycles. The van der Waals surface area contributed by atoms with Crippen LogP contribution < -0.4 is 0 Å². The van der Waals surface area contributed by atoms with Crippen LogP contribution in [0.4, 0.5) is 0 Å². The third-order valence-electron chi connectivity index (χ3n) is 5.09. The standard InChI is InChI=1S/C19H23ClN2O3/c20-13-4-5-17-15(9-13)16-10-22(7-6-18(16)21-17)19(23)12-24-11-14-3-1-2-8-25-14/h4-5,9,14,21H,1-3,6-8,10-12H2. The first kappa shape index (κ1) is 16.9. The summed E-state index contributed by atoms with van der Waals surface area (Å²) in [7, 11) is 0. The van der Waals surface area contributed by atoms with Gasteiger partial charge in [0.15, 0.2) is 0 Å². The fourth-order valence-corrected chi connectivity index (χ4v) is 3.88. The van der Waals surface area contributed by atoms with Crippen LogP contribution >= 0.6 is 11.6 Å². The molecule has 1 saturated heterocycles. The molecule has 25 heavy (non-hydrogen) atoms. The predicted molar refractivity (Wildman–Crippen MR) is 96.8 cm³/mol. The van der Waals surface area contributed by atoms with Crippen molar-refractivity contribution in [3.8, 4) is 0 Å². The molecule has 5 nitrogen and oxygen atoms in total. The quantitative estimate of drug-likeness (QED) is 0.908. The van der Waals surface area contributed by atoms with Gasteiger partial charge in [-0.1, -0.05) is 11.6 Å². The molecule has 1 amide bonds. The Balaban J connectivity index is 1.37. The van der Waals surface area contributed by atoms with Crippen LogP contribution in [0.2, 0.25) is 5.02 Å². The van der Waals surface area contributed by atoms with E-state index < -0.39 is 0 Å². The van der Waals surface area contributed by atoms with E-state index in [1.165, 1.54) is 17.7 Å². The van der Waals surface area contributed by atoms with E-state index in [0.717, 1.165) is 43.3 Å². The number of ether oxygens (including phenoxy) is 2. The molecule has 0 saturated carbocycles. The van der Waals surface area contributed by atoms with Crippen molar-refractivity contribution in [2.75, 3.05) is 26.4 Å². The molecule has 134 valence electrons. The van der Waals surface area contributed by atoms with Gasteiger partial charge in [0.2, 0.25) is 5.91 Å². The number of nitrogens with zero attached hydrogens (tertiary/aromatic N) is 1. The van der Waals surface area contributed by atoms with Gasteiger partial charge in [-0.2, -0.15) is 0 Å². The van der Waals surface area contributed by atoms with Gasteiger partial charge in [-0.15, -0.1) is 0 Å². The zero-order valence-electron chi connectivity index (χ0n) is 14.2. The third kappa shape index (κ3) is 3.68. The first-order valence-electron chi connectivity index (χ1n) is 8.97. The molecule has 1 unspecified atom stereocenters. The molecule has 0 bridgehead atoms. The third-order valence-corrected chi connectivity index (χ3v) is 5.33. The maximum Gasteiger partial charge on any atom is 0.248 e. The van der Waals surface area contributed by atoms with Crippen LogP contribution in [0, 0.1) is 0 Å². The van der Waals surface area contributed by atoms with Gasteiger partial charge in [0.25, 0.3) is 0 Å². The van der Waals surface area contributed by atoms with E-state index in [0.29, 0.717) is 18.2 Å². The largest absolute Gasteiger partial charge is 0.376 e.